The van der Waals surface area contributed by atoms with Crippen molar-refractivity contribution in [1.29, 1.82) is 0 Å². The number of rotatable bonds is 6. The van der Waals surface area contributed by atoms with E-state index in [1.54, 1.807) is 13.0 Å². The van der Waals surface area contributed by atoms with Gasteiger partial charge in [0.25, 0.3) is 5.69 Å². The first-order chi connectivity index (χ1) is 10.0. The predicted octanol–water partition coefficient (Wildman–Crippen LogP) is 2.30. The van der Waals surface area contributed by atoms with Crippen molar-refractivity contribution in [2.24, 2.45) is 0 Å². The normalized spacial score (nSPS) is 10.3. The summed E-state index contributed by atoms with van der Waals surface area (Å²) in [5.74, 6) is 0.573. The quantitative estimate of drug-likeness (QED) is 0.596. The number of hydrogen-bond donors (Lipinski definition) is 0. The van der Waals surface area contributed by atoms with Gasteiger partial charge >= 0.3 is 5.82 Å². The van der Waals surface area contributed by atoms with Crippen molar-refractivity contribution < 1.29 is 14.6 Å². The Kier molecular flexibility index (Phi) is 4.12. The van der Waals surface area contributed by atoms with Gasteiger partial charge in [0, 0.05) is 6.07 Å². The van der Waals surface area contributed by atoms with Crippen LogP contribution in [0.15, 0.2) is 30.5 Å². The average Bonchev–Trinajstić information content (AvgIpc) is 2.88. The van der Waals surface area contributed by atoms with Gasteiger partial charge in [-0.05, 0) is 17.9 Å². The Bertz CT molecular complexity index is 682. The Balaban J connectivity index is 2.15. The van der Waals surface area contributed by atoms with Crippen molar-refractivity contribution in [3.05, 3.63) is 56.5 Å². The average molecular weight is 292 g/mol. The molecule has 2 aromatic rings. The van der Waals surface area contributed by atoms with Gasteiger partial charge in [0.1, 0.15) is 11.9 Å². The number of nitro benzene ring substituents is 1. The SMILES string of the molecule is CCn1c([N+](=O)[O-])cnc1COc1cccc([N+](=O)[O-])c1. The second-order valence-corrected chi connectivity index (χ2v) is 4.08. The Morgan fingerprint density at radius 3 is 2.67 bits per heavy atom. The van der Waals surface area contributed by atoms with E-state index >= 15 is 0 Å². The maximum atomic E-state index is 10.8. The van der Waals surface area contributed by atoms with Crippen molar-refractivity contribution in [1.82, 2.24) is 9.55 Å². The molecule has 0 aliphatic heterocycles. The van der Waals surface area contributed by atoms with Gasteiger partial charge in [0.05, 0.1) is 17.5 Å². The first-order valence-electron chi connectivity index (χ1n) is 6.09. The fraction of sp³-hybridized carbons (Fsp3) is 0.250. The lowest BCUT2D eigenvalue weighted by Crippen LogP contribution is -2.08. The van der Waals surface area contributed by atoms with E-state index in [-0.39, 0.29) is 18.1 Å². The molecule has 1 heterocycles. The van der Waals surface area contributed by atoms with Crippen LogP contribution in [0.1, 0.15) is 12.7 Å². The second kappa shape index (κ2) is 5.99. The smallest absolute Gasteiger partial charge is 0.342 e. The predicted molar refractivity (Wildman–Crippen MR) is 72.0 cm³/mol. The minimum absolute atomic E-state index is 0.0111. The molecule has 0 atom stereocenters. The van der Waals surface area contributed by atoms with Crippen molar-refractivity contribution >= 4 is 11.5 Å². The summed E-state index contributed by atoms with van der Waals surface area (Å²) >= 11 is 0. The van der Waals surface area contributed by atoms with Crippen LogP contribution in [-0.4, -0.2) is 19.4 Å². The summed E-state index contributed by atoms with van der Waals surface area (Å²) in [6, 6.07) is 5.71. The maximum absolute atomic E-state index is 10.8. The number of nitro groups is 2. The molecule has 0 saturated heterocycles. The minimum Gasteiger partial charge on any atom is -0.483 e. The fourth-order valence-corrected chi connectivity index (χ4v) is 1.84. The van der Waals surface area contributed by atoms with Gasteiger partial charge in [-0.15, -0.1) is 0 Å². The molecule has 1 aromatic carbocycles. The lowest BCUT2D eigenvalue weighted by molar-refractivity contribution is -0.392. The molecule has 0 aliphatic rings. The highest BCUT2D eigenvalue weighted by Gasteiger charge is 2.19. The number of ether oxygens (including phenoxy) is 1. The van der Waals surface area contributed by atoms with Gasteiger partial charge < -0.3 is 14.9 Å². The number of aromatic nitrogens is 2. The van der Waals surface area contributed by atoms with E-state index < -0.39 is 9.85 Å². The fourth-order valence-electron chi connectivity index (χ4n) is 1.84. The van der Waals surface area contributed by atoms with Crippen LogP contribution in [0.5, 0.6) is 5.75 Å². The van der Waals surface area contributed by atoms with E-state index in [0.29, 0.717) is 18.1 Å². The topological polar surface area (TPSA) is 113 Å². The Labute approximate surface area is 119 Å². The van der Waals surface area contributed by atoms with E-state index in [9.17, 15) is 20.2 Å². The zero-order valence-corrected chi connectivity index (χ0v) is 11.1. The molecule has 9 nitrogen and oxygen atoms in total. The number of imidazole rings is 1. The molecule has 1 aromatic heterocycles. The zero-order chi connectivity index (χ0) is 15.4. The van der Waals surface area contributed by atoms with Crippen molar-refractivity contribution in [3.8, 4) is 5.75 Å². The Hall–Kier alpha value is -2.97. The van der Waals surface area contributed by atoms with Crippen LogP contribution in [0.25, 0.3) is 0 Å². The molecule has 0 unspecified atom stereocenters. The van der Waals surface area contributed by atoms with Crippen LogP contribution in [-0.2, 0) is 13.2 Å². The summed E-state index contributed by atoms with van der Waals surface area (Å²) in [6.07, 6.45) is 1.16. The molecule has 9 heteroatoms. The van der Waals surface area contributed by atoms with Crippen molar-refractivity contribution in [3.63, 3.8) is 0 Å². The molecule has 110 valence electrons. The molecule has 21 heavy (non-hydrogen) atoms. The summed E-state index contributed by atoms with van der Waals surface area (Å²) in [4.78, 5) is 24.4. The molecule has 0 N–H and O–H groups in total. The van der Waals surface area contributed by atoms with Crippen LogP contribution in [0.3, 0.4) is 0 Å². The molecule has 0 spiro atoms. The summed E-state index contributed by atoms with van der Waals surface area (Å²) in [6.45, 7) is 2.12. The van der Waals surface area contributed by atoms with Crippen LogP contribution >= 0.6 is 0 Å². The zero-order valence-electron chi connectivity index (χ0n) is 11.1. The minimum atomic E-state index is -0.523. The Morgan fingerprint density at radius 1 is 1.29 bits per heavy atom. The molecule has 0 amide bonds. The van der Waals surface area contributed by atoms with Gasteiger partial charge in [0.15, 0.2) is 6.61 Å². The van der Waals surface area contributed by atoms with Gasteiger partial charge in [-0.1, -0.05) is 6.07 Å². The van der Waals surface area contributed by atoms with Crippen LogP contribution in [0.4, 0.5) is 11.5 Å². The van der Waals surface area contributed by atoms with Gasteiger partial charge in [-0.25, -0.2) is 9.55 Å². The third-order valence-electron chi connectivity index (χ3n) is 2.82. The summed E-state index contributed by atoms with van der Waals surface area (Å²) in [5.41, 5.74) is -0.0858. The molecule has 0 radical (unpaired) electrons. The third-order valence-corrected chi connectivity index (χ3v) is 2.82. The largest absolute Gasteiger partial charge is 0.483 e. The van der Waals surface area contributed by atoms with E-state index in [1.165, 1.54) is 22.8 Å². The highest BCUT2D eigenvalue weighted by Crippen LogP contribution is 2.21. The molecule has 0 saturated carbocycles. The molecule has 2 rings (SSSR count). The summed E-state index contributed by atoms with van der Waals surface area (Å²) in [7, 11) is 0. The van der Waals surface area contributed by atoms with Crippen molar-refractivity contribution in [2.75, 3.05) is 0 Å². The van der Waals surface area contributed by atoms with Crippen LogP contribution in [0.2, 0.25) is 0 Å². The van der Waals surface area contributed by atoms with Gasteiger partial charge in [-0.3, -0.25) is 10.1 Å². The number of nitrogens with zero attached hydrogens (tertiary/aromatic N) is 4. The monoisotopic (exact) mass is 292 g/mol. The number of benzene rings is 1. The molecular weight excluding hydrogens is 280 g/mol. The third kappa shape index (κ3) is 3.14. The highest BCUT2D eigenvalue weighted by molar-refractivity contribution is 5.38. The first-order valence-corrected chi connectivity index (χ1v) is 6.09. The van der Waals surface area contributed by atoms with Crippen LogP contribution < -0.4 is 4.74 Å². The highest BCUT2D eigenvalue weighted by atomic mass is 16.6. The second-order valence-electron chi connectivity index (χ2n) is 4.08. The lowest BCUT2D eigenvalue weighted by atomic mass is 10.3. The molecule has 0 fully saturated rings. The van der Waals surface area contributed by atoms with Gasteiger partial charge in [-0.2, -0.15) is 0 Å². The summed E-state index contributed by atoms with van der Waals surface area (Å²) < 4.78 is 6.82. The van der Waals surface area contributed by atoms with Crippen molar-refractivity contribution in [2.45, 2.75) is 20.1 Å². The maximum Gasteiger partial charge on any atom is 0.342 e. The molecular formula is C12H12N4O5. The first kappa shape index (κ1) is 14.4. The standard InChI is InChI=1S/C12H12N4O5/c1-2-14-11(13-7-12(14)16(19)20)8-21-10-5-3-4-9(6-10)15(17)18/h3-7H,2,8H2,1H3. The van der Waals surface area contributed by atoms with E-state index in [1.807, 2.05) is 0 Å². The van der Waals surface area contributed by atoms with Gasteiger partial charge in [0.2, 0.25) is 5.82 Å². The van der Waals surface area contributed by atoms with E-state index in [2.05, 4.69) is 4.98 Å². The van der Waals surface area contributed by atoms with E-state index in [0.717, 1.165) is 6.20 Å². The molecule has 0 bridgehead atoms. The number of non-ortho nitro benzene ring substituents is 1. The van der Waals surface area contributed by atoms with Crippen LogP contribution in [0, 0.1) is 20.2 Å². The van der Waals surface area contributed by atoms with E-state index in [4.69, 9.17) is 4.74 Å². The Morgan fingerprint density at radius 2 is 2.05 bits per heavy atom. The molecule has 0 aliphatic carbocycles. The lowest BCUT2D eigenvalue weighted by Gasteiger charge is -2.05. The number of hydrogen-bond acceptors (Lipinski definition) is 6. The summed E-state index contributed by atoms with van der Waals surface area (Å²) in [5, 5.41) is 21.5.